The van der Waals surface area contributed by atoms with Gasteiger partial charge in [0.25, 0.3) is 5.56 Å². The maximum Gasteiger partial charge on any atom is 0.349 e. The fourth-order valence-electron chi connectivity index (χ4n) is 3.05. The second kappa shape index (κ2) is 9.27. The van der Waals surface area contributed by atoms with E-state index in [2.05, 4.69) is 10.1 Å². The van der Waals surface area contributed by atoms with Gasteiger partial charge in [0.1, 0.15) is 6.61 Å². The normalized spacial score (nSPS) is 11.2. The highest BCUT2D eigenvalue weighted by Crippen LogP contribution is 2.29. The van der Waals surface area contributed by atoms with E-state index in [-0.39, 0.29) is 23.4 Å². The van der Waals surface area contributed by atoms with Gasteiger partial charge >= 0.3 is 11.4 Å². The van der Waals surface area contributed by atoms with Crippen LogP contribution in [0.25, 0.3) is 10.9 Å². The zero-order valence-corrected chi connectivity index (χ0v) is 18.2. The van der Waals surface area contributed by atoms with Gasteiger partial charge in [0.2, 0.25) is 0 Å². The standard InChI is InChI=1S/C22H14Cl2N4O5/c23-16-7-5-14(9-17(16)24)12-33-20-8-6-13(10-19(20)28(31)32)11-25-27-21(29)15-3-1-2-4-18(15)26-22(27)30/h1-11H,12H2,(H,26,30). The van der Waals surface area contributed by atoms with Crippen molar-refractivity contribution in [2.45, 2.75) is 6.61 Å². The van der Waals surface area contributed by atoms with E-state index in [1.807, 2.05) is 0 Å². The van der Waals surface area contributed by atoms with Crippen molar-refractivity contribution in [3.05, 3.63) is 113 Å². The quantitative estimate of drug-likeness (QED) is 0.247. The lowest BCUT2D eigenvalue weighted by molar-refractivity contribution is -0.385. The van der Waals surface area contributed by atoms with Crippen LogP contribution < -0.4 is 16.0 Å². The van der Waals surface area contributed by atoms with Crippen molar-refractivity contribution in [1.29, 1.82) is 0 Å². The van der Waals surface area contributed by atoms with Crippen LogP contribution in [0.1, 0.15) is 11.1 Å². The van der Waals surface area contributed by atoms with E-state index in [0.29, 0.717) is 31.4 Å². The second-order valence-electron chi connectivity index (χ2n) is 6.86. The Morgan fingerprint density at radius 3 is 2.61 bits per heavy atom. The number of benzene rings is 3. The number of H-pyrrole nitrogens is 1. The number of nitrogens with one attached hydrogen (secondary N) is 1. The minimum atomic E-state index is -0.731. The molecule has 0 unspecified atom stereocenters. The van der Waals surface area contributed by atoms with Crippen molar-refractivity contribution >= 4 is 46.0 Å². The van der Waals surface area contributed by atoms with Gasteiger partial charge in [0, 0.05) is 11.6 Å². The fourth-order valence-corrected chi connectivity index (χ4v) is 3.37. The third-order valence-corrected chi connectivity index (χ3v) is 5.40. The molecule has 0 atom stereocenters. The minimum Gasteiger partial charge on any atom is -0.482 e. The lowest BCUT2D eigenvalue weighted by Gasteiger charge is -2.08. The van der Waals surface area contributed by atoms with Gasteiger partial charge in [-0.1, -0.05) is 41.4 Å². The average Bonchev–Trinajstić information content (AvgIpc) is 2.80. The summed E-state index contributed by atoms with van der Waals surface area (Å²) < 4.78 is 6.24. The number of rotatable bonds is 6. The van der Waals surface area contributed by atoms with Crippen molar-refractivity contribution < 1.29 is 9.66 Å². The molecule has 4 aromatic rings. The number of hydrogen-bond donors (Lipinski definition) is 1. The van der Waals surface area contributed by atoms with Gasteiger partial charge in [0.15, 0.2) is 5.75 Å². The molecule has 0 saturated carbocycles. The molecule has 3 aromatic carbocycles. The first-order valence-electron chi connectivity index (χ1n) is 9.47. The van der Waals surface area contributed by atoms with Gasteiger partial charge in [-0.2, -0.15) is 5.10 Å². The lowest BCUT2D eigenvalue weighted by atomic mass is 10.2. The molecule has 1 aromatic heterocycles. The number of nitrogens with zero attached hydrogens (tertiary/aromatic N) is 3. The van der Waals surface area contributed by atoms with E-state index in [1.54, 1.807) is 42.5 Å². The molecule has 0 aliphatic rings. The summed E-state index contributed by atoms with van der Waals surface area (Å²) >= 11 is 11.9. The number of halogens is 2. The zero-order valence-electron chi connectivity index (χ0n) is 16.7. The maximum atomic E-state index is 12.5. The number of para-hydroxylation sites is 1. The second-order valence-corrected chi connectivity index (χ2v) is 7.67. The first kappa shape index (κ1) is 22.3. The van der Waals surface area contributed by atoms with E-state index in [1.165, 1.54) is 24.4 Å². The smallest absolute Gasteiger partial charge is 0.349 e. The number of nitro benzene ring substituents is 1. The molecule has 0 aliphatic heterocycles. The van der Waals surface area contributed by atoms with Gasteiger partial charge in [-0.05, 0) is 42.0 Å². The van der Waals surface area contributed by atoms with E-state index < -0.39 is 16.2 Å². The Morgan fingerprint density at radius 2 is 1.85 bits per heavy atom. The molecule has 0 radical (unpaired) electrons. The average molecular weight is 485 g/mol. The molecular formula is C22H14Cl2N4O5. The molecule has 1 N–H and O–H groups in total. The zero-order chi connectivity index (χ0) is 23.5. The number of aromatic nitrogens is 2. The molecule has 0 saturated heterocycles. The number of hydrogen-bond acceptors (Lipinski definition) is 6. The van der Waals surface area contributed by atoms with E-state index >= 15 is 0 Å². The van der Waals surface area contributed by atoms with Crippen molar-refractivity contribution in [2.24, 2.45) is 5.10 Å². The number of ether oxygens (including phenoxy) is 1. The van der Waals surface area contributed by atoms with E-state index in [0.717, 1.165) is 0 Å². The molecule has 0 bridgehead atoms. The van der Waals surface area contributed by atoms with Crippen LogP contribution in [0.2, 0.25) is 10.0 Å². The topological polar surface area (TPSA) is 120 Å². The largest absolute Gasteiger partial charge is 0.482 e. The predicted molar refractivity (Wildman–Crippen MR) is 126 cm³/mol. The fraction of sp³-hybridized carbons (Fsp3) is 0.0455. The summed E-state index contributed by atoms with van der Waals surface area (Å²) in [6, 6.07) is 15.6. The minimum absolute atomic E-state index is 0.0314. The summed E-state index contributed by atoms with van der Waals surface area (Å²) in [4.78, 5) is 38.3. The molecule has 166 valence electrons. The molecule has 0 fully saturated rings. The van der Waals surface area contributed by atoms with Crippen LogP contribution in [0.4, 0.5) is 5.69 Å². The number of aromatic amines is 1. The molecule has 0 spiro atoms. The SMILES string of the molecule is O=c1[nH]c2ccccc2c(=O)n1N=Cc1ccc(OCc2ccc(Cl)c(Cl)c2)c([N+](=O)[O-])c1. The Kier molecular flexibility index (Phi) is 6.25. The van der Waals surface area contributed by atoms with Crippen LogP contribution >= 0.6 is 23.2 Å². The van der Waals surface area contributed by atoms with Crippen LogP contribution in [0.15, 0.2) is 75.4 Å². The summed E-state index contributed by atoms with van der Waals surface area (Å²) in [6.07, 6.45) is 1.18. The highest BCUT2D eigenvalue weighted by molar-refractivity contribution is 6.42. The summed E-state index contributed by atoms with van der Waals surface area (Å²) in [7, 11) is 0. The third kappa shape index (κ3) is 4.79. The summed E-state index contributed by atoms with van der Waals surface area (Å²) in [6.45, 7) is 0.0347. The van der Waals surface area contributed by atoms with Crippen molar-refractivity contribution in [3.63, 3.8) is 0 Å². The molecule has 1 heterocycles. The summed E-state index contributed by atoms with van der Waals surface area (Å²) in [5, 5.41) is 16.5. The van der Waals surface area contributed by atoms with E-state index in [9.17, 15) is 19.7 Å². The van der Waals surface area contributed by atoms with Crippen LogP contribution in [-0.4, -0.2) is 20.8 Å². The molecule has 9 nitrogen and oxygen atoms in total. The first-order valence-corrected chi connectivity index (χ1v) is 10.2. The summed E-state index contributed by atoms with van der Waals surface area (Å²) in [5.41, 5.74) is -0.285. The van der Waals surface area contributed by atoms with Gasteiger partial charge in [-0.3, -0.25) is 14.9 Å². The monoisotopic (exact) mass is 484 g/mol. The van der Waals surface area contributed by atoms with Crippen molar-refractivity contribution in [3.8, 4) is 5.75 Å². The first-order chi connectivity index (χ1) is 15.8. The van der Waals surface area contributed by atoms with E-state index in [4.69, 9.17) is 27.9 Å². The lowest BCUT2D eigenvalue weighted by Crippen LogP contribution is -2.32. The maximum absolute atomic E-state index is 12.5. The predicted octanol–water partition coefficient (Wildman–Crippen LogP) is 4.37. The van der Waals surface area contributed by atoms with Gasteiger partial charge in [-0.25, -0.2) is 4.79 Å². The van der Waals surface area contributed by atoms with Crippen LogP contribution in [0, 0.1) is 10.1 Å². The Morgan fingerprint density at radius 1 is 1.06 bits per heavy atom. The van der Waals surface area contributed by atoms with Gasteiger partial charge in [0.05, 0.1) is 32.1 Å². The summed E-state index contributed by atoms with van der Waals surface area (Å²) in [5.74, 6) is 0.0314. The van der Waals surface area contributed by atoms with Crippen LogP contribution in [-0.2, 0) is 6.61 Å². The van der Waals surface area contributed by atoms with Crippen LogP contribution in [0.3, 0.4) is 0 Å². The molecule has 0 aliphatic carbocycles. The highest BCUT2D eigenvalue weighted by Gasteiger charge is 2.16. The van der Waals surface area contributed by atoms with Crippen molar-refractivity contribution in [2.75, 3.05) is 0 Å². The number of nitro groups is 1. The highest BCUT2D eigenvalue weighted by atomic mass is 35.5. The molecule has 4 rings (SSSR count). The molecule has 0 amide bonds. The van der Waals surface area contributed by atoms with Gasteiger partial charge < -0.3 is 9.72 Å². The van der Waals surface area contributed by atoms with Gasteiger partial charge in [-0.15, -0.1) is 4.68 Å². The molecule has 33 heavy (non-hydrogen) atoms. The molecule has 11 heteroatoms. The van der Waals surface area contributed by atoms with Crippen LogP contribution in [0.5, 0.6) is 5.75 Å². The Balaban J connectivity index is 1.61. The number of fused-ring (bicyclic) bond motifs is 1. The van der Waals surface area contributed by atoms with Crippen molar-refractivity contribution in [1.82, 2.24) is 9.66 Å². The third-order valence-electron chi connectivity index (χ3n) is 4.66. The Bertz CT molecular complexity index is 1530. The Hall–Kier alpha value is -3.95. The Labute approximate surface area is 195 Å². The molecular weight excluding hydrogens is 471 g/mol.